The molecule has 2 rings (SSSR count). The summed E-state index contributed by atoms with van der Waals surface area (Å²) in [5.74, 6) is 0.366. The van der Waals surface area contributed by atoms with E-state index in [1.807, 2.05) is 4.90 Å². The molecule has 1 aromatic carbocycles. The van der Waals surface area contributed by atoms with E-state index in [1.165, 1.54) is 12.1 Å². The van der Waals surface area contributed by atoms with E-state index in [4.69, 9.17) is 23.1 Å². The van der Waals surface area contributed by atoms with Gasteiger partial charge < -0.3 is 15.7 Å². The van der Waals surface area contributed by atoms with Crippen LogP contribution in [-0.4, -0.2) is 29.8 Å². The summed E-state index contributed by atoms with van der Waals surface area (Å²) in [6.07, 6.45) is -2.84. The van der Waals surface area contributed by atoms with Gasteiger partial charge in [0.2, 0.25) is 0 Å². The van der Waals surface area contributed by atoms with E-state index in [2.05, 4.69) is 0 Å². The predicted molar refractivity (Wildman–Crippen MR) is 79.4 cm³/mol. The molecule has 1 atom stereocenters. The van der Waals surface area contributed by atoms with Crippen molar-refractivity contribution in [2.24, 2.45) is 11.7 Å². The predicted octanol–water partition coefficient (Wildman–Crippen LogP) is 2.55. The lowest BCUT2D eigenvalue weighted by atomic mass is 10.0. The highest BCUT2D eigenvalue weighted by Gasteiger charge is 2.34. The minimum absolute atomic E-state index is 0.129. The van der Waals surface area contributed by atoms with Gasteiger partial charge in [0.05, 0.1) is 5.56 Å². The van der Waals surface area contributed by atoms with E-state index in [1.54, 1.807) is 0 Å². The van der Waals surface area contributed by atoms with Crippen molar-refractivity contribution in [1.82, 2.24) is 0 Å². The Balaban J connectivity index is 2.27. The molecule has 21 heavy (non-hydrogen) atoms. The van der Waals surface area contributed by atoms with Gasteiger partial charge in [0, 0.05) is 30.9 Å². The monoisotopic (exact) mass is 318 g/mol. The van der Waals surface area contributed by atoms with Crippen LogP contribution in [0.4, 0.5) is 18.9 Å². The molecule has 3 nitrogen and oxygen atoms in total. The summed E-state index contributed by atoms with van der Waals surface area (Å²) in [4.78, 5) is 1.75. The van der Waals surface area contributed by atoms with Crippen LogP contribution < -0.4 is 10.6 Å². The highest BCUT2D eigenvalue weighted by molar-refractivity contribution is 7.80. The Kier molecular flexibility index (Phi) is 4.73. The van der Waals surface area contributed by atoms with Gasteiger partial charge in [0.25, 0.3) is 0 Å². The van der Waals surface area contributed by atoms with Crippen LogP contribution >= 0.6 is 12.2 Å². The average molecular weight is 318 g/mol. The van der Waals surface area contributed by atoms with Crippen LogP contribution in [-0.2, 0) is 6.18 Å². The zero-order chi connectivity index (χ0) is 15.6. The number of hydrogen-bond acceptors (Lipinski definition) is 3. The van der Waals surface area contributed by atoms with E-state index in [0.717, 1.165) is 25.6 Å². The largest absolute Gasteiger partial charge is 0.417 e. The van der Waals surface area contributed by atoms with Crippen molar-refractivity contribution >= 4 is 22.9 Å². The minimum Gasteiger partial charge on any atom is -0.396 e. The summed E-state index contributed by atoms with van der Waals surface area (Å²) in [7, 11) is 0. The maximum Gasteiger partial charge on any atom is 0.417 e. The smallest absolute Gasteiger partial charge is 0.396 e. The van der Waals surface area contributed by atoms with Gasteiger partial charge in [-0.3, -0.25) is 0 Å². The van der Waals surface area contributed by atoms with Crippen molar-refractivity contribution in [2.75, 3.05) is 24.6 Å². The third-order valence-corrected chi connectivity index (χ3v) is 3.98. The van der Waals surface area contributed by atoms with Gasteiger partial charge in [-0.1, -0.05) is 12.2 Å². The Morgan fingerprint density at radius 3 is 2.71 bits per heavy atom. The maximum absolute atomic E-state index is 12.9. The molecule has 1 heterocycles. The molecule has 0 amide bonds. The van der Waals surface area contributed by atoms with Crippen molar-refractivity contribution in [2.45, 2.75) is 19.0 Å². The first-order valence-electron chi connectivity index (χ1n) is 6.69. The summed E-state index contributed by atoms with van der Waals surface area (Å²) >= 11 is 4.74. The number of halogens is 3. The number of benzene rings is 1. The Morgan fingerprint density at radius 1 is 1.43 bits per heavy atom. The van der Waals surface area contributed by atoms with E-state index in [-0.39, 0.29) is 17.2 Å². The standard InChI is InChI=1S/C14H17F3N2OS/c15-14(16,17)12-2-1-10(7-11(12)13(18)21)19-5-3-9(8-19)4-6-20/h1-2,7,9,20H,3-6,8H2,(H2,18,21). The van der Waals surface area contributed by atoms with Crippen LogP contribution in [0.3, 0.4) is 0 Å². The highest BCUT2D eigenvalue weighted by Crippen LogP contribution is 2.35. The van der Waals surface area contributed by atoms with Crippen LogP contribution in [0.2, 0.25) is 0 Å². The quantitative estimate of drug-likeness (QED) is 0.838. The van der Waals surface area contributed by atoms with Gasteiger partial charge in [-0.15, -0.1) is 0 Å². The van der Waals surface area contributed by atoms with E-state index in [9.17, 15) is 13.2 Å². The normalized spacial score (nSPS) is 19.0. The molecule has 7 heteroatoms. The van der Waals surface area contributed by atoms with Gasteiger partial charge in [0.1, 0.15) is 4.99 Å². The number of hydrogen-bond donors (Lipinski definition) is 2. The van der Waals surface area contributed by atoms with Crippen molar-refractivity contribution in [3.8, 4) is 0 Å². The first-order valence-corrected chi connectivity index (χ1v) is 7.10. The van der Waals surface area contributed by atoms with E-state index < -0.39 is 11.7 Å². The molecule has 0 radical (unpaired) electrons. The van der Waals surface area contributed by atoms with E-state index in [0.29, 0.717) is 18.0 Å². The van der Waals surface area contributed by atoms with Crippen molar-refractivity contribution in [1.29, 1.82) is 0 Å². The van der Waals surface area contributed by atoms with Gasteiger partial charge in [-0.05, 0) is 37.0 Å². The summed E-state index contributed by atoms with van der Waals surface area (Å²) in [6, 6.07) is 3.89. The fraction of sp³-hybridized carbons (Fsp3) is 0.500. The van der Waals surface area contributed by atoms with Crippen LogP contribution in [0.1, 0.15) is 24.0 Å². The Hall–Kier alpha value is -1.34. The van der Waals surface area contributed by atoms with Crippen molar-refractivity contribution < 1.29 is 18.3 Å². The summed E-state index contributed by atoms with van der Waals surface area (Å²) < 4.78 is 38.8. The minimum atomic E-state index is -4.47. The number of nitrogens with two attached hydrogens (primary N) is 1. The molecule has 1 saturated heterocycles. The molecule has 1 aliphatic rings. The molecule has 0 aliphatic carbocycles. The number of rotatable bonds is 4. The number of alkyl halides is 3. The van der Waals surface area contributed by atoms with Crippen molar-refractivity contribution in [3.05, 3.63) is 29.3 Å². The van der Waals surface area contributed by atoms with Crippen LogP contribution in [0, 0.1) is 5.92 Å². The van der Waals surface area contributed by atoms with Gasteiger partial charge in [-0.25, -0.2) is 0 Å². The number of aliphatic hydroxyl groups excluding tert-OH is 1. The average Bonchev–Trinajstić information content (AvgIpc) is 2.86. The van der Waals surface area contributed by atoms with E-state index >= 15 is 0 Å². The highest BCUT2D eigenvalue weighted by atomic mass is 32.1. The Labute approximate surface area is 126 Å². The molecule has 0 bridgehead atoms. The molecule has 1 aliphatic heterocycles. The molecule has 0 aromatic heterocycles. The number of thiocarbonyl (C=S) groups is 1. The molecule has 1 aromatic rings. The first-order chi connectivity index (χ1) is 9.82. The number of anilines is 1. The second-order valence-electron chi connectivity index (χ2n) is 5.20. The van der Waals surface area contributed by atoms with Crippen LogP contribution in [0.15, 0.2) is 18.2 Å². The van der Waals surface area contributed by atoms with Crippen molar-refractivity contribution in [3.63, 3.8) is 0 Å². The lowest BCUT2D eigenvalue weighted by Crippen LogP contribution is -2.23. The Bertz CT molecular complexity index is 533. The first kappa shape index (κ1) is 16.0. The fourth-order valence-corrected chi connectivity index (χ4v) is 2.83. The second-order valence-corrected chi connectivity index (χ2v) is 5.64. The third-order valence-electron chi connectivity index (χ3n) is 3.76. The number of aliphatic hydroxyl groups is 1. The molecule has 116 valence electrons. The zero-order valence-corrected chi connectivity index (χ0v) is 12.2. The molecular weight excluding hydrogens is 301 g/mol. The molecule has 0 spiro atoms. The summed E-state index contributed by atoms with van der Waals surface area (Å²) in [5, 5.41) is 8.95. The van der Waals surface area contributed by atoms with Crippen LogP contribution in [0.25, 0.3) is 0 Å². The van der Waals surface area contributed by atoms with Gasteiger partial charge in [0.15, 0.2) is 0 Å². The molecule has 1 fully saturated rings. The number of nitrogens with zero attached hydrogens (tertiary/aromatic N) is 1. The molecule has 3 N–H and O–H groups in total. The van der Waals surface area contributed by atoms with Gasteiger partial charge >= 0.3 is 6.18 Å². The zero-order valence-electron chi connectivity index (χ0n) is 11.4. The second kappa shape index (κ2) is 6.19. The lowest BCUT2D eigenvalue weighted by molar-refractivity contribution is -0.137. The fourth-order valence-electron chi connectivity index (χ4n) is 2.67. The maximum atomic E-state index is 12.9. The molecule has 0 saturated carbocycles. The van der Waals surface area contributed by atoms with Gasteiger partial charge in [-0.2, -0.15) is 13.2 Å². The molecule has 1 unspecified atom stereocenters. The topological polar surface area (TPSA) is 49.5 Å². The SMILES string of the molecule is NC(=S)c1cc(N2CCC(CCO)C2)ccc1C(F)(F)F. The summed E-state index contributed by atoms with van der Waals surface area (Å²) in [5.41, 5.74) is 5.18. The molecular formula is C14H17F3N2OS. The third kappa shape index (κ3) is 3.65. The van der Waals surface area contributed by atoms with Crippen LogP contribution in [0.5, 0.6) is 0 Å². The summed E-state index contributed by atoms with van der Waals surface area (Å²) in [6.45, 7) is 1.61. The Morgan fingerprint density at radius 2 is 2.14 bits per heavy atom. The lowest BCUT2D eigenvalue weighted by Gasteiger charge is -2.21.